The van der Waals surface area contributed by atoms with Crippen LogP contribution in [0.1, 0.15) is 17.3 Å². The van der Waals surface area contributed by atoms with Crippen LogP contribution in [-0.4, -0.2) is 45.6 Å². The van der Waals surface area contributed by atoms with Crippen molar-refractivity contribution in [3.8, 4) is 11.5 Å². The molecule has 0 amide bonds. The Morgan fingerprint density at radius 3 is 2.28 bits per heavy atom. The highest BCUT2D eigenvalue weighted by molar-refractivity contribution is 5.47. The van der Waals surface area contributed by atoms with E-state index < -0.39 is 0 Å². The lowest BCUT2D eigenvalue weighted by atomic mass is 10.1. The molecule has 25 heavy (non-hydrogen) atoms. The highest BCUT2D eigenvalue weighted by atomic mass is 16.5. The Labute approximate surface area is 147 Å². The van der Waals surface area contributed by atoms with Crippen molar-refractivity contribution in [2.45, 2.75) is 12.6 Å². The highest BCUT2D eigenvalue weighted by Gasteiger charge is 2.18. The van der Waals surface area contributed by atoms with Gasteiger partial charge in [0.2, 0.25) is 0 Å². The molecule has 6 nitrogen and oxygen atoms in total. The molecule has 0 saturated heterocycles. The van der Waals surface area contributed by atoms with E-state index in [1.807, 2.05) is 55.8 Å². The quantitative estimate of drug-likeness (QED) is 0.661. The molecule has 3 aromatic rings. The Kier molecular flexibility index (Phi) is 5.77. The van der Waals surface area contributed by atoms with E-state index in [0.29, 0.717) is 19.0 Å². The van der Waals surface area contributed by atoms with E-state index in [9.17, 15) is 0 Å². The number of aromatic nitrogens is 4. The number of methoxy groups -OCH3 is 1. The third-order valence-corrected chi connectivity index (χ3v) is 3.92. The number of hydrogen-bond acceptors (Lipinski definition) is 6. The lowest BCUT2D eigenvalue weighted by Gasteiger charge is -2.27. The summed E-state index contributed by atoms with van der Waals surface area (Å²) >= 11 is 0. The first kappa shape index (κ1) is 17.1. The van der Waals surface area contributed by atoms with Gasteiger partial charge in [0.25, 0.3) is 0 Å². The summed E-state index contributed by atoms with van der Waals surface area (Å²) in [5, 5.41) is 0. The van der Waals surface area contributed by atoms with Crippen molar-refractivity contribution in [3.63, 3.8) is 0 Å². The summed E-state index contributed by atoms with van der Waals surface area (Å²) in [5.41, 5.74) is 2.78. The topological polar surface area (TPSA) is 64.0 Å². The van der Waals surface area contributed by atoms with Crippen molar-refractivity contribution in [2.75, 3.05) is 20.8 Å². The molecule has 3 rings (SSSR count). The molecule has 0 aliphatic rings. The van der Waals surface area contributed by atoms with Gasteiger partial charge in [-0.1, -0.05) is 12.1 Å². The van der Waals surface area contributed by atoms with Crippen LogP contribution in [0.25, 0.3) is 11.5 Å². The van der Waals surface area contributed by atoms with Crippen molar-refractivity contribution in [1.29, 1.82) is 0 Å². The molecule has 0 aromatic carbocycles. The normalized spacial score (nSPS) is 12.3. The summed E-state index contributed by atoms with van der Waals surface area (Å²) in [4.78, 5) is 19.8. The molecule has 3 heterocycles. The summed E-state index contributed by atoms with van der Waals surface area (Å²) < 4.78 is 5.37. The molecular formula is C19H21N5O. The van der Waals surface area contributed by atoms with Gasteiger partial charge in [-0.3, -0.25) is 14.9 Å². The first-order valence-corrected chi connectivity index (χ1v) is 8.10. The van der Waals surface area contributed by atoms with Crippen LogP contribution in [0.3, 0.4) is 0 Å². The molecule has 0 aliphatic carbocycles. The van der Waals surface area contributed by atoms with Crippen molar-refractivity contribution >= 4 is 0 Å². The van der Waals surface area contributed by atoms with Crippen LogP contribution in [0.15, 0.2) is 61.2 Å². The zero-order chi connectivity index (χ0) is 17.5. The van der Waals surface area contributed by atoms with Crippen LogP contribution in [0.4, 0.5) is 0 Å². The predicted molar refractivity (Wildman–Crippen MR) is 95.6 cm³/mol. The van der Waals surface area contributed by atoms with E-state index in [0.717, 1.165) is 17.0 Å². The van der Waals surface area contributed by atoms with Crippen molar-refractivity contribution < 1.29 is 4.74 Å². The second-order valence-corrected chi connectivity index (χ2v) is 5.77. The maximum absolute atomic E-state index is 5.37. The molecule has 6 heteroatoms. The van der Waals surface area contributed by atoms with Gasteiger partial charge in [-0.2, -0.15) is 0 Å². The summed E-state index contributed by atoms with van der Waals surface area (Å²) in [6, 6.07) is 11.7. The summed E-state index contributed by atoms with van der Waals surface area (Å²) in [7, 11) is 3.75. The second kappa shape index (κ2) is 8.41. The lowest BCUT2D eigenvalue weighted by Crippen LogP contribution is -2.28. The van der Waals surface area contributed by atoms with Crippen LogP contribution >= 0.6 is 0 Å². The van der Waals surface area contributed by atoms with E-state index in [1.165, 1.54) is 0 Å². The van der Waals surface area contributed by atoms with Gasteiger partial charge in [-0.05, 0) is 31.3 Å². The van der Waals surface area contributed by atoms with E-state index in [4.69, 9.17) is 4.74 Å². The first-order chi connectivity index (χ1) is 12.3. The maximum Gasteiger partial charge on any atom is 0.178 e. The molecule has 0 spiro atoms. The molecule has 0 radical (unpaired) electrons. The average Bonchev–Trinajstić information content (AvgIpc) is 2.68. The molecule has 0 saturated carbocycles. The van der Waals surface area contributed by atoms with E-state index in [2.05, 4.69) is 24.8 Å². The van der Waals surface area contributed by atoms with Gasteiger partial charge in [-0.15, -0.1) is 0 Å². The highest BCUT2D eigenvalue weighted by Crippen LogP contribution is 2.20. The SMILES string of the molecule is COC[C@H](c1ccccn1)N(C)Cc1cnc(-c2ccccn2)nc1. The molecular weight excluding hydrogens is 314 g/mol. The Hall–Kier alpha value is -2.70. The van der Waals surface area contributed by atoms with Gasteiger partial charge < -0.3 is 4.74 Å². The largest absolute Gasteiger partial charge is 0.383 e. The van der Waals surface area contributed by atoms with Gasteiger partial charge in [0.05, 0.1) is 18.3 Å². The maximum atomic E-state index is 5.37. The Morgan fingerprint density at radius 2 is 1.68 bits per heavy atom. The summed E-state index contributed by atoms with van der Waals surface area (Å²) in [6.45, 7) is 1.27. The van der Waals surface area contributed by atoms with Gasteiger partial charge in [0.1, 0.15) is 5.69 Å². The Bertz CT molecular complexity index is 765. The number of pyridine rings is 2. The number of likely N-dealkylation sites (N-methyl/N-ethyl adjacent to an activating group) is 1. The predicted octanol–water partition coefficient (Wildman–Crippen LogP) is 2.75. The summed E-state index contributed by atoms with van der Waals surface area (Å²) in [6.07, 6.45) is 7.23. The van der Waals surface area contributed by atoms with Gasteiger partial charge in [-0.25, -0.2) is 9.97 Å². The van der Waals surface area contributed by atoms with Crippen LogP contribution in [0.5, 0.6) is 0 Å². The number of hydrogen-bond donors (Lipinski definition) is 0. The number of rotatable bonds is 7. The molecule has 3 aromatic heterocycles. The minimum Gasteiger partial charge on any atom is -0.383 e. The minimum atomic E-state index is 0.0710. The Morgan fingerprint density at radius 1 is 0.960 bits per heavy atom. The zero-order valence-corrected chi connectivity index (χ0v) is 14.4. The second-order valence-electron chi connectivity index (χ2n) is 5.77. The molecule has 0 unspecified atom stereocenters. The average molecular weight is 335 g/mol. The van der Waals surface area contributed by atoms with Crippen LogP contribution in [-0.2, 0) is 11.3 Å². The van der Waals surface area contributed by atoms with E-state index in [-0.39, 0.29) is 6.04 Å². The van der Waals surface area contributed by atoms with Gasteiger partial charge in [0.15, 0.2) is 5.82 Å². The van der Waals surface area contributed by atoms with Crippen molar-refractivity contribution in [1.82, 2.24) is 24.8 Å². The third kappa shape index (κ3) is 4.43. The smallest absolute Gasteiger partial charge is 0.178 e. The van der Waals surface area contributed by atoms with Gasteiger partial charge >= 0.3 is 0 Å². The minimum absolute atomic E-state index is 0.0710. The molecule has 128 valence electrons. The van der Waals surface area contributed by atoms with Gasteiger partial charge in [0, 0.05) is 44.0 Å². The van der Waals surface area contributed by atoms with Crippen LogP contribution in [0.2, 0.25) is 0 Å². The van der Waals surface area contributed by atoms with Crippen LogP contribution < -0.4 is 0 Å². The molecule has 0 fully saturated rings. The molecule has 0 N–H and O–H groups in total. The fourth-order valence-corrected chi connectivity index (χ4v) is 2.63. The van der Waals surface area contributed by atoms with E-state index in [1.54, 1.807) is 19.5 Å². The van der Waals surface area contributed by atoms with Crippen LogP contribution in [0, 0.1) is 0 Å². The molecule has 1 atom stereocenters. The molecule has 0 bridgehead atoms. The number of nitrogens with zero attached hydrogens (tertiary/aromatic N) is 5. The third-order valence-electron chi connectivity index (χ3n) is 3.92. The first-order valence-electron chi connectivity index (χ1n) is 8.10. The fraction of sp³-hybridized carbons (Fsp3) is 0.263. The van der Waals surface area contributed by atoms with Crippen molar-refractivity contribution in [3.05, 3.63) is 72.4 Å². The monoisotopic (exact) mass is 335 g/mol. The summed E-state index contributed by atoms with van der Waals surface area (Å²) in [5.74, 6) is 0.630. The lowest BCUT2D eigenvalue weighted by molar-refractivity contribution is 0.0999. The Balaban J connectivity index is 1.72. The number of ether oxygens (including phenoxy) is 1. The standard InChI is InChI=1S/C19H21N5O/c1-24(18(14-25-2)16-7-3-5-9-20-16)13-15-11-22-19(23-12-15)17-8-4-6-10-21-17/h3-12,18H,13-14H2,1-2H3/t18-/m1/s1. The molecule has 0 aliphatic heterocycles. The fourth-order valence-electron chi connectivity index (χ4n) is 2.63. The van der Waals surface area contributed by atoms with Crippen molar-refractivity contribution in [2.24, 2.45) is 0 Å². The zero-order valence-electron chi connectivity index (χ0n) is 14.4. The van der Waals surface area contributed by atoms with E-state index >= 15 is 0 Å².